The second kappa shape index (κ2) is 7.30. The Balaban J connectivity index is 1.97. The Morgan fingerprint density at radius 1 is 1.24 bits per heavy atom. The maximum absolute atomic E-state index is 8.98. The lowest BCUT2D eigenvalue weighted by atomic mass is 10.1. The Kier molecular flexibility index (Phi) is 5.16. The molecule has 0 spiro atoms. The van der Waals surface area contributed by atoms with Gasteiger partial charge in [0.05, 0.1) is 6.61 Å². The van der Waals surface area contributed by atoms with Gasteiger partial charge in [-0.1, -0.05) is 24.3 Å². The lowest BCUT2D eigenvalue weighted by Crippen LogP contribution is -2.08. The topological polar surface area (TPSA) is 57.9 Å². The molecule has 4 heteroatoms. The molecular formula is C17H19N3O. The van der Waals surface area contributed by atoms with E-state index in [0.29, 0.717) is 12.3 Å². The van der Waals surface area contributed by atoms with Crippen molar-refractivity contribution in [2.24, 2.45) is 0 Å². The highest BCUT2D eigenvalue weighted by Crippen LogP contribution is 2.18. The normalized spacial score (nSPS) is 9.95. The van der Waals surface area contributed by atoms with Crippen molar-refractivity contribution in [3.8, 4) is 11.8 Å². The van der Waals surface area contributed by atoms with Crippen molar-refractivity contribution >= 4 is 5.82 Å². The second-order valence-corrected chi connectivity index (χ2v) is 4.69. The molecule has 2 rings (SSSR count). The highest BCUT2D eigenvalue weighted by atomic mass is 16.5. The summed E-state index contributed by atoms with van der Waals surface area (Å²) in [5.74, 6) is 1.66. The van der Waals surface area contributed by atoms with Crippen molar-refractivity contribution in [3.63, 3.8) is 0 Å². The van der Waals surface area contributed by atoms with Crippen LogP contribution in [0.1, 0.15) is 23.7 Å². The maximum Gasteiger partial charge on any atom is 0.145 e. The van der Waals surface area contributed by atoms with Gasteiger partial charge in [0.15, 0.2) is 0 Å². The molecule has 0 aliphatic rings. The number of anilines is 1. The SMILES string of the molecule is CCOc1ccccc1CCNc1ccc(C)c(C#N)n1. The van der Waals surface area contributed by atoms with Crippen LogP contribution in [-0.4, -0.2) is 18.1 Å². The van der Waals surface area contributed by atoms with E-state index in [1.54, 1.807) is 0 Å². The van der Waals surface area contributed by atoms with E-state index >= 15 is 0 Å². The second-order valence-electron chi connectivity index (χ2n) is 4.69. The molecule has 0 aliphatic carbocycles. The van der Waals surface area contributed by atoms with Gasteiger partial charge >= 0.3 is 0 Å². The van der Waals surface area contributed by atoms with Crippen molar-refractivity contribution in [1.29, 1.82) is 5.26 Å². The first kappa shape index (κ1) is 14.9. The first-order valence-corrected chi connectivity index (χ1v) is 7.07. The molecule has 0 radical (unpaired) electrons. The molecule has 0 saturated carbocycles. The molecule has 1 aromatic heterocycles. The van der Waals surface area contributed by atoms with Gasteiger partial charge in [-0.3, -0.25) is 0 Å². The number of nitrogens with one attached hydrogen (secondary N) is 1. The number of nitrogens with zero attached hydrogens (tertiary/aromatic N) is 2. The maximum atomic E-state index is 8.98. The Bertz CT molecular complexity index is 647. The number of aromatic nitrogens is 1. The van der Waals surface area contributed by atoms with Gasteiger partial charge in [0.1, 0.15) is 23.3 Å². The van der Waals surface area contributed by atoms with Crippen LogP contribution in [0.2, 0.25) is 0 Å². The van der Waals surface area contributed by atoms with Crippen LogP contribution in [0.5, 0.6) is 5.75 Å². The van der Waals surface area contributed by atoms with Gasteiger partial charge in [0.25, 0.3) is 0 Å². The number of ether oxygens (including phenoxy) is 1. The van der Waals surface area contributed by atoms with E-state index in [1.165, 1.54) is 5.56 Å². The third-order valence-electron chi connectivity index (χ3n) is 3.18. The average Bonchev–Trinajstić information content (AvgIpc) is 2.51. The van der Waals surface area contributed by atoms with E-state index in [-0.39, 0.29) is 0 Å². The van der Waals surface area contributed by atoms with Crippen molar-refractivity contribution in [2.75, 3.05) is 18.5 Å². The van der Waals surface area contributed by atoms with Crippen LogP contribution in [0, 0.1) is 18.3 Å². The summed E-state index contributed by atoms with van der Waals surface area (Å²) in [7, 11) is 0. The van der Waals surface area contributed by atoms with Crippen LogP contribution < -0.4 is 10.1 Å². The van der Waals surface area contributed by atoms with Crippen LogP contribution in [-0.2, 0) is 6.42 Å². The van der Waals surface area contributed by atoms with Gasteiger partial charge in [0, 0.05) is 6.54 Å². The standard InChI is InChI=1S/C17H19N3O/c1-3-21-16-7-5-4-6-14(16)10-11-19-17-9-8-13(2)15(12-18)20-17/h4-9H,3,10-11H2,1-2H3,(H,19,20). The lowest BCUT2D eigenvalue weighted by molar-refractivity contribution is 0.336. The zero-order valence-corrected chi connectivity index (χ0v) is 12.4. The molecule has 0 fully saturated rings. The molecule has 1 aromatic carbocycles. The van der Waals surface area contributed by atoms with Crippen molar-refractivity contribution in [2.45, 2.75) is 20.3 Å². The smallest absolute Gasteiger partial charge is 0.145 e. The molecule has 0 saturated heterocycles. The number of hydrogen-bond donors (Lipinski definition) is 1. The third kappa shape index (κ3) is 3.96. The summed E-state index contributed by atoms with van der Waals surface area (Å²) >= 11 is 0. The number of benzene rings is 1. The quantitative estimate of drug-likeness (QED) is 0.882. The minimum absolute atomic E-state index is 0.467. The largest absolute Gasteiger partial charge is 0.494 e. The molecule has 2 aromatic rings. The zero-order valence-electron chi connectivity index (χ0n) is 12.4. The third-order valence-corrected chi connectivity index (χ3v) is 3.18. The van der Waals surface area contributed by atoms with Crippen LogP contribution in [0.25, 0.3) is 0 Å². The number of hydrogen-bond acceptors (Lipinski definition) is 4. The molecule has 0 unspecified atom stereocenters. The minimum atomic E-state index is 0.467. The van der Waals surface area contributed by atoms with E-state index in [1.807, 2.05) is 44.2 Å². The fourth-order valence-electron chi connectivity index (χ4n) is 2.07. The first-order chi connectivity index (χ1) is 10.2. The fraction of sp³-hybridized carbons (Fsp3) is 0.294. The summed E-state index contributed by atoms with van der Waals surface area (Å²) in [5, 5.41) is 12.2. The van der Waals surface area contributed by atoms with Crippen molar-refractivity contribution in [3.05, 3.63) is 53.2 Å². The predicted octanol–water partition coefficient (Wildman–Crippen LogP) is 3.32. The van der Waals surface area contributed by atoms with E-state index in [0.717, 1.165) is 30.1 Å². The van der Waals surface area contributed by atoms with Gasteiger partial charge in [0.2, 0.25) is 0 Å². The molecule has 1 heterocycles. The zero-order chi connectivity index (χ0) is 15.1. The van der Waals surface area contributed by atoms with Crippen LogP contribution in [0.4, 0.5) is 5.82 Å². The van der Waals surface area contributed by atoms with E-state index in [2.05, 4.69) is 22.4 Å². The molecule has 1 N–H and O–H groups in total. The molecule has 0 atom stereocenters. The molecule has 0 amide bonds. The number of aryl methyl sites for hydroxylation is 1. The van der Waals surface area contributed by atoms with Crippen molar-refractivity contribution in [1.82, 2.24) is 4.98 Å². The summed E-state index contributed by atoms with van der Waals surface area (Å²) in [4.78, 5) is 4.28. The number of rotatable bonds is 6. The van der Waals surface area contributed by atoms with Crippen LogP contribution >= 0.6 is 0 Å². The Labute approximate surface area is 125 Å². The lowest BCUT2D eigenvalue weighted by Gasteiger charge is -2.11. The van der Waals surface area contributed by atoms with E-state index in [4.69, 9.17) is 10.00 Å². The Hall–Kier alpha value is -2.54. The molecule has 4 nitrogen and oxygen atoms in total. The molecular weight excluding hydrogens is 262 g/mol. The van der Waals surface area contributed by atoms with Gasteiger partial charge in [-0.2, -0.15) is 5.26 Å². The monoisotopic (exact) mass is 281 g/mol. The molecule has 21 heavy (non-hydrogen) atoms. The summed E-state index contributed by atoms with van der Waals surface area (Å²) < 4.78 is 5.61. The summed E-state index contributed by atoms with van der Waals surface area (Å²) in [6, 6.07) is 13.9. The van der Waals surface area contributed by atoms with Crippen LogP contribution in [0.3, 0.4) is 0 Å². The van der Waals surface area contributed by atoms with Crippen molar-refractivity contribution < 1.29 is 4.74 Å². The highest BCUT2D eigenvalue weighted by Gasteiger charge is 2.04. The number of pyridine rings is 1. The van der Waals surface area contributed by atoms with Gasteiger partial charge < -0.3 is 10.1 Å². The molecule has 108 valence electrons. The highest BCUT2D eigenvalue weighted by molar-refractivity contribution is 5.43. The van der Waals surface area contributed by atoms with Gasteiger partial charge in [-0.05, 0) is 43.5 Å². The van der Waals surface area contributed by atoms with E-state index in [9.17, 15) is 0 Å². The summed E-state index contributed by atoms with van der Waals surface area (Å²) in [6.45, 7) is 5.27. The predicted molar refractivity (Wildman–Crippen MR) is 83.5 cm³/mol. The van der Waals surface area contributed by atoms with Gasteiger partial charge in [-0.25, -0.2) is 4.98 Å². The van der Waals surface area contributed by atoms with Gasteiger partial charge in [-0.15, -0.1) is 0 Å². The fourth-order valence-corrected chi connectivity index (χ4v) is 2.07. The molecule has 0 aliphatic heterocycles. The summed E-state index contributed by atoms with van der Waals surface area (Å²) in [5.41, 5.74) is 2.53. The summed E-state index contributed by atoms with van der Waals surface area (Å²) in [6.07, 6.45) is 0.841. The average molecular weight is 281 g/mol. The van der Waals surface area contributed by atoms with E-state index < -0.39 is 0 Å². The Morgan fingerprint density at radius 3 is 2.81 bits per heavy atom. The number of nitriles is 1. The minimum Gasteiger partial charge on any atom is -0.494 e. The molecule has 0 bridgehead atoms. The number of para-hydroxylation sites is 1. The van der Waals surface area contributed by atoms with Crippen LogP contribution in [0.15, 0.2) is 36.4 Å². The Morgan fingerprint density at radius 2 is 2.05 bits per heavy atom. The first-order valence-electron chi connectivity index (χ1n) is 7.07.